The third kappa shape index (κ3) is 4.92. The molecular weight excluding hydrogens is 376 g/mol. The van der Waals surface area contributed by atoms with Crippen molar-refractivity contribution < 1.29 is 17.2 Å². The zero-order valence-corrected chi connectivity index (χ0v) is 15.2. The van der Waals surface area contributed by atoms with E-state index in [1.54, 1.807) is 6.07 Å². The summed E-state index contributed by atoms with van der Waals surface area (Å²) in [5.41, 5.74) is 0.745. The average Bonchev–Trinajstić information content (AvgIpc) is 2.49. The minimum atomic E-state index is -3.70. The van der Waals surface area contributed by atoms with Crippen molar-refractivity contribution in [2.45, 2.75) is 17.6 Å². The number of hydrogen-bond acceptors (Lipinski definition) is 3. The van der Waals surface area contributed by atoms with Gasteiger partial charge < -0.3 is 0 Å². The van der Waals surface area contributed by atoms with Gasteiger partial charge in [-0.3, -0.25) is 0 Å². The highest BCUT2D eigenvalue weighted by molar-refractivity contribution is 7.98. The third-order valence-corrected chi connectivity index (χ3v) is 6.23. The van der Waals surface area contributed by atoms with Gasteiger partial charge in [0.05, 0.1) is 4.90 Å². The SMILES string of the molecule is Cc1cc(F)ccc1S(=O)(=O)NCCSCc1c(F)cccc1Cl. The molecule has 130 valence electrons. The molecule has 0 unspecified atom stereocenters. The van der Waals surface area contributed by atoms with E-state index >= 15 is 0 Å². The molecule has 0 heterocycles. The Morgan fingerprint density at radius 2 is 1.96 bits per heavy atom. The molecule has 2 rings (SSSR count). The topological polar surface area (TPSA) is 46.2 Å². The van der Waals surface area contributed by atoms with Crippen LogP contribution in [0.15, 0.2) is 41.3 Å². The van der Waals surface area contributed by atoms with Gasteiger partial charge in [-0.2, -0.15) is 11.8 Å². The molecule has 0 aliphatic rings. The highest BCUT2D eigenvalue weighted by atomic mass is 35.5. The quantitative estimate of drug-likeness (QED) is 0.721. The number of thioether (sulfide) groups is 1. The maximum atomic E-state index is 13.6. The van der Waals surface area contributed by atoms with Crippen LogP contribution in [-0.4, -0.2) is 20.7 Å². The first-order chi connectivity index (χ1) is 11.3. The van der Waals surface area contributed by atoms with Crippen LogP contribution in [0.2, 0.25) is 5.02 Å². The molecule has 2 aromatic carbocycles. The molecule has 0 amide bonds. The highest BCUT2D eigenvalue weighted by Gasteiger charge is 2.16. The molecule has 0 spiro atoms. The summed E-state index contributed by atoms with van der Waals surface area (Å²) in [6.07, 6.45) is 0. The molecule has 3 nitrogen and oxygen atoms in total. The monoisotopic (exact) mass is 391 g/mol. The molecule has 0 radical (unpaired) electrons. The predicted octanol–water partition coefficient (Wildman–Crippen LogP) is 4.14. The van der Waals surface area contributed by atoms with Gasteiger partial charge in [-0.15, -0.1) is 0 Å². The molecule has 0 saturated carbocycles. The van der Waals surface area contributed by atoms with Crippen LogP contribution in [0.4, 0.5) is 8.78 Å². The van der Waals surface area contributed by atoms with Crippen molar-refractivity contribution in [1.29, 1.82) is 0 Å². The Morgan fingerprint density at radius 1 is 1.21 bits per heavy atom. The Bertz CT molecular complexity index is 809. The summed E-state index contributed by atoms with van der Waals surface area (Å²) in [6.45, 7) is 1.71. The smallest absolute Gasteiger partial charge is 0.210 e. The van der Waals surface area contributed by atoms with Crippen molar-refractivity contribution in [3.63, 3.8) is 0 Å². The lowest BCUT2D eigenvalue weighted by Crippen LogP contribution is -2.26. The second kappa shape index (κ2) is 8.29. The van der Waals surface area contributed by atoms with Crippen LogP contribution < -0.4 is 4.72 Å². The van der Waals surface area contributed by atoms with Gasteiger partial charge in [0.25, 0.3) is 0 Å². The van der Waals surface area contributed by atoms with E-state index in [1.807, 2.05) is 0 Å². The number of halogens is 3. The van der Waals surface area contributed by atoms with Crippen molar-refractivity contribution >= 4 is 33.4 Å². The lowest BCUT2D eigenvalue weighted by Gasteiger charge is -2.10. The average molecular weight is 392 g/mol. The molecule has 2 aromatic rings. The van der Waals surface area contributed by atoms with E-state index in [-0.39, 0.29) is 17.3 Å². The zero-order valence-electron chi connectivity index (χ0n) is 12.9. The molecule has 24 heavy (non-hydrogen) atoms. The van der Waals surface area contributed by atoms with Gasteiger partial charge in [0.1, 0.15) is 11.6 Å². The molecule has 0 atom stereocenters. The number of rotatable bonds is 7. The van der Waals surface area contributed by atoms with Gasteiger partial charge in [0.15, 0.2) is 0 Å². The van der Waals surface area contributed by atoms with E-state index < -0.39 is 15.8 Å². The number of aryl methyl sites for hydroxylation is 1. The molecule has 0 aliphatic carbocycles. The standard InChI is InChI=1S/C16H16ClF2NO2S2/c1-11-9-12(18)5-6-16(11)24(21,22)20-7-8-23-10-13-14(17)3-2-4-15(13)19/h2-6,9,20H,7-8,10H2,1H3. The Hall–Kier alpha value is -1.15. The van der Waals surface area contributed by atoms with Gasteiger partial charge in [-0.25, -0.2) is 21.9 Å². The van der Waals surface area contributed by atoms with Gasteiger partial charge in [-0.1, -0.05) is 17.7 Å². The second-order valence-electron chi connectivity index (χ2n) is 5.06. The number of hydrogen-bond donors (Lipinski definition) is 1. The number of benzene rings is 2. The van der Waals surface area contributed by atoms with Gasteiger partial charge in [0.2, 0.25) is 10.0 Å². The Kier molecular flexibility index (Phi) is 6.62. The van der Waals surface area contributed by atoms with Crippen molar-refractivity contribution in [3.8, 4) is 0 Å². The van der Waals surface area contributed by atoms with Gasteiger partial charge >= 0.3 is 0 Å². The molecule has 0 aliphatic heterocycles. The molecule has 0 aromatic heterocycles. The van der Waals surface area contributed by atoms with Crippen LogP contribution in [0.5, 0.6) is 0 Å². The predicted molar refractivity (Wildman–Crippen MR) is 93.9 cm³/mol. The fourth-order valence-electron chi connectivity index (χ4n) is 2.08. The summed E-state index contributed by atoms with van der Waals surface area (Å²) < 4.78 is 53.5. The molecule has 1 N–H and O–H groups in total. The van der Waals surface area contributed by atoms with Crippen LogP contribution >= 0.6 is 23.4 Å². The Balaban J connectivity index is 1.87. The van der Waals surface area contributed by atoms with Crippen LogP contribution in [0.25, 0.3) is 0 Å². The summed E-state index contributed by atoms with van der Waals surface area (Å²) in [5, 5.41) is 0.352. The van der Waals surface area contributed by atoms with Crippen molar-refractivity contribution in [2.75, 3.05) is 12.3 Å². The van der Waals surface area contributed by atoms with Crippen LogP contribution in [0.3, 0.4) is 0 Å². The first kappa shape index (κ1) is 19.2. The largest absolute Gasteiger partial charge is 0.240 e. The van der Waals surface area contributed by atoms with Crippen molar-refractivity contribution in [1.82, 2.24) is 4.72 Å². The second-order valence-corrected chi connectivity index (χ2v) is 8.31. The Labute approximate surface area is 149 Å². The zero-order chi connectivity index (χ0) is 17.7. The fourth-order valence-corrected chi connectivity index (χ4v) is 4.67. The van der Waals surface area contributed by atoms with Crippen LogP contribution in [-0.2, 0) is 15.8 Å². The summed E-state index contributed by atoms with van der Waals surface area (Å²) in [4.78, 5) is 0.0473. The third-order valence-electron chi connectivity index (χ3n) is 3.27. The highest BCUT2D eigenvalue weighted by Crippen LogP contribution is 2.23. The first-order valence-electron chi connectivity index (χ1n) is 7.08. The maximum absolute atomic E-state index is 13.6. The maximum Gasteiger partial charge on any atom is 0.240 e. The van der Waals surface area contributed by atoms with E-state index in [4.69, 9.17) is 11.6 Å². The molecule has 0 saturated heterocycles. The van der Waals surface area contributed by atoms with Crippen LogP contribution in [0.1, 0.15) is 11.1 Å². The molecule has 0 fully saturated rings. The first-order valence-corrected chi connectivity index (χ1v) is 10.1. The summed E-state index contributed by atoms with van der Waals surface area (Å²) >= 11 is 7.30. The van der Waals surface area contributed by atoms with Crippen molar-refractivity contribution in [2.24, 2.45) is 0 Å². The van der Waals surface area contributed by atoms with Crippen LogP contribution in [0, 0.1) is 18.6 Å². The number of nitrogens with one attached hydrogen (secondary N) is 1. The van der Waals surface area contributed by atoms with E-state index in [1.165, 1.54) is 43.0 Å². The fraction of sp³-hybridized carbons (Fsp3) is 0.250. The minimum absolute atomic E-state index is 0.0473. The molecule has 0 bridgehead atoms. The summed E-state index contributed by atoms with van der Waals surface area (Å²) in [7, 11) is -3.70. The molecule has 8 heteroatoms. The van der Waals surface area contributed by atoms with Gasteiger partial charge in [-0.05, 0) is 42.8 Å². The summed E-state index contributed by atoms with van der Waals surface area (Å²) in [6, 6.07) is 7.99. The lowest BCUT2D eigenvalue weighted by molar-refractivity contribution is 0.582. The molecular formula is C16H16ClF2NO2S2. The van der Waals surface area contributed by atoms with Crippen molar-refractivity contribution in [3.05, 3.63) is 64.2 Å². The van der Waals surface area contributed by atoms with E-state index in [9.17, 15) is 17.2 Å². The van der Waals surface area contributed by atoms with Gasteiger partial charge in [0, 0.05) is 28.6 Å². The number of sulfonamides is 1. The minimum Gasteiger partial charge on any atom is -0.210 e. The van der Waals surface area contributed by atoms with E-state index in [0.29, 0.717) is 27.7 Å². The van der Waals surface area contributed by atoms with E-state index in [2.05, 4.69) is 4.72 Å². The summed E-state index contributed by atoms with van der Waals surface area (Å²) in [5.74, 6) is -0.0614. The Morgan fingerprint density at radius 3 is 2.62 bits per heavy atom. The lowest BCUT2D eigenvalue weighted by atomic mass is 10.2. The van der Waals surface area contributed by atoms with E-state index in [0.717, 1.165) is 6.07 Å². The normalized spacial score (nSPS) is 11.7.